The lowest BCUT2D eigenvalue weighted by Gasteiger charge is -2.14. The maximum atomic E-state index is 12.2. The highest BCUT2D eigenvalue weighted by molar-refractivity contribution is 5.96. The summed E-state index contributed by atoms with van der Waals surface area (Å²) in [6.45, 7) is 4.11. The maximum Gasteiger partial charge on any atom is 0.338 e. The predicted octanol–water partition coefficient (Wildman–Crippen LogP) is 2.87. The summed E-state index contributed by atoms with van der Waals surface area (Å²) in [4.78, 5) is 36.1. The molecule has 2 aromatic carbocycles. The molecule has 1 atom stereocenters. The third kappa shape index (κ3) is 6.42. The third-order valence-electron chi connectivity index (χ3n) is 3.84. The van der Waals surface area contributed by atoms with Crippen molar-refractivity contribution in [2.45, 2.75) is 32.8 Å². The van der Waals surface area contributed by atoms with E-state index in [0.717, 1.165) is 12.8 Å². The third-order valence-corrected chi connectivity index (χ3v) is 3.84. The van der Waals surface area contributed by atoms with Crippen LogP contribution in [0, 0.1) is 0 Å². The summed E-state index contributed by atoms with van der Waals surface area (Å²) in [5, 5.41) is 0. The second-order valence-electron chi connectivity index (χ2n) is 6.08. The van der Waals surface area contributed by atoms with Gasteiger partial charge in [-0.25, -0.2) is 4.79 Å². The number of rotatable bonds is 8. The molecule has 0 spiro atoms. The first-order chi connectivity index (χ1) is 13.5. The number of amides is 2. The Morgan fingerprint density at radius 1 is 0.929 bits per heavy atom. The average molecular weight is 384 g/mol. The minimum absolute atomic E-state index is 0.302. The number of ether oxygens (including phenoxy) is 2. The van der Waals surface area contributed by atoms with Gasteiger partial charge in [0, 0.05) is 5.56 Å². The molecule has 148 valence electrons. The van der Waals surface area contributed by atoms with Gasteiger partial charge in [0.05, 0.1) is 12.2 Å². The van der Waals surface area contributed by atoms with Crippen molar-refractivity contribution in [1.29, 1.82) is 0 Å². The Labute approximate surface area is 164 Å². The predicted molar refractivity (Wildman–Crippen MR) is 104 cm³/mol. The summed E-state index contributed by atoms with van der Waals surface area (Å²) < 4.78 is 10.7. The van der Waals surface area contributed by atoms with Gasteiger partial charge in [0.15, 0.2) is 6.10 Å². The molecular weight excluding hydrogens is 360 g/mol. The smallest absolute Gasteiger partial charge is 0.338 e. The minimum Gasteiger partial charge on any atom is -0.494 e. The molecule has 2 aromatic rings. The second kappa shape index (κ2) is 10.7. The van der Waals surface area contributed by atoms with Gasteiger partial charge in [0.25, 0.3) is 11.8 Å². The fourth-order valence-electron chi connectivity index (χ4n) is 2.19. The van der Waals surface area contributed by atoms with E-state index >= 15 is 0 Å². The van der Waals surface area contributed by atoms with Gasteiger partial charge < -0.3 is 9.47 Å². The molecule has 2 N–H and O–H groups in total. The standard InChI is InChI=1S/C21H24N2O5/c1-3-4-14-27-18-12-10-17(11-13-18)21(26)28-15(2)19(24)22-23-20(25)16-8-6-5-7-9-16/h5-13,15H,3-4,14H2,1-2H3,(H,22,24)(H,23,25)/t15-/m0/s1. The van der Waals surface area contributed by atoms with Crippen molar-refractivity contribution < 1.29 is 23.9 Å². The van der Waals surface area contributed by atoms with Crippen molar-refractivity contribution in [3.63, 3.8) is 0 Å². The van der Waals surface area contributed by atoms with Gasteiger partial charge in [0.2, 0.25) is 0 Å². The SMILES string of the molecule is CCCCOc1ccc(C(=O)O[C@@H](C)C(=O)NNC(=O)c2ccccc2)cc1. The van der Waals surface area contributed by atoms with Crippen LogP contribution in [0.2, 0.25) is 0 Å². The van der Waals surface area contributed by atoms with Gasteiger partial charge >= 0.3 is 5.97 Å². The highest BCUT2D eigenvalue weighted by Gasteiger charge is 2.19. The highest BCUT2D eigenvalue weighted by atomic mass is 16.5. The zero-order valence-electron chi connectivity index (χ0n) is 15.9. The fourth-order valence-corrected chi connectivity index (χ4v) is 2.19. The van der Waals surface area contributed by atoms with Gasteiger partial charge in [0.1, 0.15) is 5.75 Å². The summed E-state index contributed by atoms with van der Waals surface area (Å²) in [5.74, 6) is -1.08. The number of esters is 1. The molecule has 0 heterocycles. The van der Waals surface area contributed by atoms with Crippen LogP contribution in [0.15, 0.2) is 54.6 Å². The van der Waals surface area contributed by atoms with Gasteiger partial charge in [-0.2, -0.15) is 0 Å². The number of hydrogen-bond acceptors (Lipinski definition) is 5. The van der Waals surface area contributed by atoms with E-state index in [2.05, 4.69) is 17.8 Å². The van der Waals surface area contributed by atoms with Crippen LogP contribution in [0.25, 0.3) is 0 Å². The van der Waals surface area contributed by atoms with E-state index in [9.17, 15) is 14.4 Å². The van der Waals surface area contributed by atoms with Crippen LogP contribution in [-0.4, -0.2) is 30.5 Å². The molecule has 0 radical (unpaired) electrons. The van der Waals surface area contributed by atoms with Crippen LogP contribution in [-0.2, 0) is 9.53 Å². The number of unbranched alkanes of at least 4 members (excludes halogenated alkanes) is 1. The van der Waals surface area contributed by atoms with E-state index in [1.807, 2.05) is 0 Å². The lowest BCUT2D eigenvalue weighted by atomic mass is 10.2. The van der Waals surface area contributed by atoms with Crippen LogP contribution in [0.4, 0.5) is 0 Å². The van der Waals surface area contributed by atoms with E-state index in [4.69, 9.17) is 9.47 Å². The van der Waals surface area contributed by atoms with E-state index in [1.165, 1.54) is 6.92 Å². The summed E-state index contributed by atoms with van der Waals surface area (Å²) in [5.41, 5.74) is 5.22. The zero-order chi connectivity index (χ0) is 20.4. The normalized spacial score (nSPS) is 11.2. The molecule has 2 amide bonds. The van der Waals surface area contributed by atoms with Crippen LogP contribution >= 0.6 is 0 Å². The molecule has 0 saturated carbocycles. The maximum absolute atomic E-state index is 12.2. The van der Waals surface area contributed by atoms with Crippen molar-refractivity contribution in [2.75, 3.05) is 6.61 Å². The largest absolute Gasteiger partial charge is 0.494 e. The summed E-state index contributed by atoms with van der Waals surface area (Å²) >= 11 is 0. The molecule has 0 aliphatic heterocycles. The number of carbonyl (C=O) groups is 3. The number of hydrogen-bond donors (Lipinski definition) is 2. The van der Waals surface area contributed by atoms with Gasteiger partial charge in [-0.1, -0.05) is 31.5 Å². The molecule has 7 nitrogen and oxygen atoms in total. The minimum atomic E-state index is -1.08. The second-order valence-corrected chi connectivity index (χ2v) is 6.08. The van der Waals surface area contributed by atoms with Crippen molar-refractivity contribution in [2.24, 2.45) is 0 Å². The van der Waals surface area contributed by atoms with Crippen LogP contribution in [0.1, 0.15) is 47.4 Å². The van der Waals surface area contributed by atoms with Crippen molar-refractivity contribution >= 4 is 17.8 Å². The quantitative estimate of drug-likeness (QED) is 0.415. The molecule has 28 heavy (non-hydrogen) atoms. The first kappa shape index (κ1) is 21.0. The number of nitrogens with one attached hydrogen (secondary N) is 2. The Balaban J connectivity index is 1.80. The van der Waals surface area contributed by atoms with E-state index in [0.29, 0.717) is 23.5 Å². The Hall–Kier alpha value is -3.35. The molecule has 7 heteroatoms. The summed E-state index contributed by atoms with van der Waals surface area (Å²) in [6.07, 6.45) is 0.914. The molecule has 0 aliphatic rings. The lowest BCUT2D eigenvalue weighted by Crippen LogP contribution is -2.46. The van der Waals surface area contributed by atoms with Crippen LogP contribution in [0.3, 0.4) is 0 Å². The summed E-state index contributed by atoms with van der Waals surface area (Å²) in [7, 11) is 0. The molecule has 0 bridgehead atoms. The zero-order valence-corrected chi connectivity index (χ0v) is 15.9. The molecule has 0 aromatic heterocycles. The van der Waals surface area contributed by atoms with Crippen molar-refractivity contribution in [3.8, 4) is 5.75 Å². The topological polar surface area (TPSA) is 93.7 Å². The molecule has 0 aliphatic carbocycles. The molecular formula is C21H24N2O5. The number of hydrazine groups is 1. The van der Waals surface area contributed by atoms with E-state index < -0.39 is 23.9 Å². The molecule has 2 rings (SSSR count). The van der Waals surface area contributed by atoms with Crippen LogP contribution < -0.4 is 15.6 Å². The Morgan fingerprint density at radius 2 is 1.61 bits per heavy atom. The summed E-state index contributed by atoms with van der Waals surface area (Å²) in [6, 6.07) is 14.9. The Morgan fingerprint density at radius 3 is 2.25 bits per heavy atom. The number of benzene rings is 2. The average Bonchev–Trinajstić information content (AvgIpc) is 2.73. The van der Waals surface area contributed by atoms with Gasteiger partial charge in [-0.15, -0.1) is 0 Å². The molecule has 0 saturated heterocycles. The van der Waals surface area contributed by atoms with Crippen molar-refractivity contribution in [1.82, 2.24) is 10.9 Å². The molecule has 0 fully saturated rings. The van der Waals surface area contributed by atoms with E-state index in [1.54, 1.807) is 54.6 Å². The molecule has 0 unspecified atom stereocenters. The number of carbonyl (C=O) groups excluding carboxylic acids is 3. The Kier molecular flexibility index (Phi) is 8.02. The van der Waals surface area contributed by atoms with Crippen molar-refractivity contribution in [3.05, 3.63) is 65.7 Å². The van der Waals surface area contributed by atoms with Gasteiger partial charge in [-0.3, -0.25) is 20.4 Å². The Bertz CT molecular complexity index is 790. The van der Waals surface area contributed by atoms with Crippen LogP contribution in [0.5, 0.6) is 5.75 Å². The van der Waals surface area contributed by atoms with E-state index in [-0.39, 0.29) is 0 Å². The first-order valence-corrected chi connectivity index (χ1v) is 9.10. The van der Waals surface area contributed by atoms with Gasteiger partial charge in [-0.05, 0) is 49.7 Å². The monoisotopic (exact) mass is 384 g/mol. The lowest BCUT2D eigenvalue weighted by molar-refractivity contribution is -0.129. The first-order valence-electron chi connectivity index (χ1n) is 9.10. The highest BCUT2D eigenvalue weighted by Crippen LogP contribution is 2.14. The fraction of sp³-hybridized carbons (Fsp3) is 0.286.